The lowest BCUT2D eigenvalue weighted by Gasteiger charge is -2.14. The van der Waals surface area contributed by atoms with Crippen LogP contribution in [0, 0.1) is 11.6 Å². The number of hydrogen-bond acceptors (Lipinski definition) is 2. The first-order valence-corrected chi connectivity index (χ1v) is 6.75. The van der Waals surface area contributed by atoms with Gasteiger partial charge >= 0.3 is 0 Å². The standard InChI is InChI=1S/C15H13BrF2O2/c1-20-12-2-3-14(16)13(8-12)15(19)6-9-4-10(17)7-11(18)5-9/h2-5,7-8,15,19H,6H2,1H3. The van der Waals surface area contributed by atoms with Crippen molar-refractivity contribution in [3.05, 3.63) is 63.6 Å². The minimum absolute atomic E-state index is 0.112. The molecule has 0 fully saturated rings. The topological polar surface area (TPSA) is 29.5 Å². The molecule has 0 heterocycles. The molecule has 0 aliphatic heterocycles. The molecular weight excluding hydrogens is 330 g/mol. The van der Waals surface area contributed by atoms with E-state index in [4.69, 9.17) is 4.74 Å². The fraction of sp³-hybridized carbons (Fsp3) is 0.200. The van der Waals surface area contributed by atoms with Crippen molar-refractivity contribution in [2.45, 2.75) is 12.5 Å². The van der Waals surface area contributed by atoms with Crippen LogP contribution in [0.1, 0.15) is 17.2 Å². The second-order valence-corrected chi connectivity index (χ2v) is 5.24. The van der Waals surface area contributed by atoms with Gasteiger partial charge in [0.2, 0.25) is 0 Å². The van der Waals surface area contributed by atoms with Crippen molar-refractivity contribution >= 4 is 15.9 Å². The van der Waals surface area contributed by atoms with Gasteiger partial charge in [0.1, 0.15) is 17.4 Å². The molecule has 0 amide bonds. The van der Waals surface area contributed by atoms with Crippen LogP contribution in [0.3, 0.4) is 0 Å². The van der Waals surface area contributed by atoms with E-state index in [0.29, 0.717) is 21.3 Å². The molecule has 0 saturated carbocycles. The van der Waals surface area contributed by atoms with Gasteiger partial charge in [-0.05, 0) is 41.5 Å². The molecule has 0 aromatic heterocycles. The quantitative estimate of drug-likeness (QED) is 0.909. The number of halogens is 3. The summed E-state index contributed by atoms with van der Waals surface area (Å²) in [6.07, 6.45) is -0.777. The van der Waals surface area contributed by atoms with E-state index in [1.165, 1.54) is 19.2 Å². The van der Waals surface area contributed by atoms with Gasteiger partial charge in [0.15, 0.2) is 0 Å². The lowest BCUT2D eigenvalue weighted by Crippen LogP contribution is -2.04. The van der Waals surface area contributed by atoms with E-state index < -0.39 is 17.7 Å². The van der Waals surface area contributed by atoms with Crippen molar-refractivity contribution in [3.8, 4) is 5.75 Å². The van der Waals surface area contributed by atoms with Crippen LogP contribution in [-0.2, 0) is 6.42 Å². The summed E-state index contributed by atoms with van der Waals surface area (Å²) in [6.45, 7) is 0. The monoisotopic (exact) mass is 342 g/mol. The highest BCUT2D eigenvalue weighted by Gasteiger charge is 2.14. The van der Waals surface area contributed by atoms with E-state index in [1.54, 1.807) is 18.2 Å². The number of benzene rings is 2. The van der Waals surface area contributed by atoms with Crippen molar-refractivity contribution < 1.29 is 18.6 Å². The largest absolute Gasteiger partial charge is 0.497 e. The lowest BCUT2D eigenvalue weighted by atomic mass is 10.0. The summed E-state index contributed by atoms with van der Waals surface area (Å²) >= 11 is 3.34. The van der Waals surface area contributed by atoms with E-state index >= 15 is 0 Å². The molecule has 2 nitrogen and oxygen atoms in total. The Balaban J connectivity index is 2.25. The fourth-order valence-corrected chi connectivity index (χ4v) is 2.48. The van der Waals surface area contributed by atoms with Crippen LogP contribution in [0.2, 0.25) is 0 Å². The summed E-state index contributed by atoms with van der Waals surface area (Å²) in [4.78, 5) is 0. The summed E-state index contributed by atoms with van der Waals surface area (Å²) < 4.78 is 32.1. The van der Waals surface area contributed by atoms with Crippen molar-refractivity contribution in [2.24, 2.45) is 0 Å². The van der Waals surface area contributed by atoms with Gasteiger partial charge in [0, 0.05) is 17.0 Å². The van der Waals surface area contributed by atoms with Gasteiger partial charge in [-0.2, -0.15) is 0 Å². The zero-order valence-corrected chi connectivity index (χ0v) is 12.3. The summed E-state index contributed by atoms with van der Waals surface area (Å²) in [6, 6.07) is 8.41. The van der Waals surface area contributed by atoms with Gasteiger partial charge in [-0.15, -0.1) is 0 Å². The smallest absolute Gasteiger partial charge is 0.126 e. The van der Waals surface area contributed by atoms with E-state index in [0.717, 1.165) is 6.07 Å². The molecule has 20 heavy (non-hydrogen) atoms. The van der Waals surface area contributed by atoms with Crippen LogP contribution in [0.4, 0.5) is 8.78 Å². The highest BCUT2D eigenvalue weighted by molar-refractivity contribution is 9.10. The van der Waals surface area contributed by atoms with Crippen LogP contribution in [0.15, 0.2) is 40.9 Å². The molecule has 0 aliphatic rings. The number of rotatable bonds is 4. The molecular formula is C15H13BrF2O2. The molecule has 2 aromatic carbocycles. The molecule has 2 rings (SSSR count). The Morgan fingerprint density at radius 3 is 2.40 bits per heavy atom. The Morgan fingerprint density at radius 1 is 1.15 bits per heavy atom. The van der Waals surface area contributed by atoms with Crippen molar-refractivity contribution in [3.63, 3.8) is 0 Å². The molecule has 0 bridgehead atoms. The molecule has 0 spiro atoms. The zero-order chi connectivity index (χ0) is 14.7. The van der Waals surface area contributed by atoms with Gasteiger partial charge in [-0.25, -0.2) is 8.78 Å². The molecule has 0 radical (unpaired) electrons. The minimum Gasteiger partial charge on any atom is -0.497 e. The van der Waals surface area contributed by atoms with Crippen LogP contribution in [-0.4, -0.2) is 12.2 Å². The second-order valence-electron chi connectivity index (χ2n) is 4.39. The summed E-state index contributed by atoms with van der Waals surface area (Å²) in [5.41, 5.74) is 0.999. The second kappa shape index (κ2) is 6.33. The number of aliphatic hydroxyl groups is 1. The third-order valence-corrected chi connectivity index (χ3v) is 3.64. The predicted molar refractivity (Wildman–Crippen MR) is 75.7 cm³/mol. The highest BCUT2D eigenvalue weighted by atomic mass is 79.9. The molecule has 2 aromatic rings. The van der Waals surface area contributed by atoms with Crippen LogP contribution in [0.25, 0.3) is 0 Å². The predicted octanol–water partition coefficient (Wildman–Crippen LogP) is 4.01. The van der Waals surface area contributed by atoms with Gasteiger partial charge in [0.05, 0.1) is 13.2 Å². The molecule has 0 saturated heterocycles. The fourth-order valence-electron chi connectivity index (χ4n) is 1.97. The molecule has 1 N–H and O–H groups in total. The van der Waals surface area contributed by atoms with Gasteiger partial charge in [0.25, 0.3) is 0 Å². The van der Waals surface area contributed by atoms with E-state index in [-0.39, 0.29) is 6.42 Å². The zero-order valence-electron chi connectivity index (χ0n) is 10.7. The Labute approximate surface area is 124 Å². The van der Waals surface area contributed by atoms with E-state index in [2.05, 4.69) is 15.9 Å². The molecule has 0 aliphatic carbocycles. The first-order chi connectivity index (χ1) is 9.49. The van der Waals surface area contributed by atoms with Crippen molar-refractivity contribution in [1.29, 1.82) is 0 Å². The van der Waals surface area contributed by atoms with E-state index in [9.17, 15) is 13.9 Å². The normalized spacial score (nSPS) is 12.2. The van der Waals surface area contributed by atoms with Gasteiger partial charge in [-0.1, -0.05) is 15.9 Å². The third kappa shape index (κ3) is 3.55. The maximum atomic E-state index is 13.1. The minimum atomic E-state index is -0.888. The Hall–Kier alpha value is -1.46. The first-order valence-electron chi connectivity index (χ1n) is 5.96. The summed E-state index contributed by atoms with van der Waals surface area (Å²) in [5, 5.41) is 10.2. The van der Waals surface area contributed by atoms with Crippen molar-refractivity contribution in [2.75, 3.05) is 7.11 Å². The molecule has 1 atom stereocenters. The Morgan fingerprint density at radius 2 is 1.80 bits per heavy atom. The maximum Gasteiger partial charge on any atom is 0.126 e. The Kier molecular flexibility index (Phi) is 4.73. The lowest BCUT2D eigenvalue weighted by molar-refractivity contribution is 0.177. The summed E-state index contributed by atoms with van der Waals surface area (Å²) in [7, 11) is 1.53. The first kappa shape index (κ1) is 14.9. The number of ether oxygens (including phenoxy) is 1. The van der Waals surface area contributed by atoms with E-state index in [1.807, 2.05) is 0 Å². The van der Waals surface area contributed by atoms with Crippen LogP contribution >= 0.6 is 15.9 Å². The summed E-state index contributed by atoms with van der Waals surface area (Å²) in [5.74, 6) is -0.707. The van der Waals surface area contributed by atoms with Crippen LogP contribution < -0.4 is 4.74 Å². The molecule has 106 valence electrons. The Bertz CT molecular complexity index is 597. The van der Waals surface area contributed by atoms with Gasteiger partial charge in [-0.3, -0.25) is 0 Å². The highest BCUT2D eigenvalue weighted by Crippen LogP contribution is 2.30. The number of methoxy groups -OCH3 is 1. The SMILES string of the molecule is COc1ccc(Br)c(C(O)Cc2cc(F)cc(F)c2)c1. The van der Waals surface area contributed by atoms with Gasteiger partial charge < -0.3 is 9.84 Å². The average Bonchev–Trinajstić information content (AvgIpc) is 2.37. The number of aliphatic hydroxyl groups excluding tert-OH is 1. The third-order valence-electron chi connectivity index (χ3n) is 2.91. The average molecular weight is 343 g/mol. The van der Waals surface area contributed by atoms with Crippen LogP contribution in [0.5, 0.6) is 5.75 Å². The number of hydrogen-bond donors (Lipinski definition) is 1. The maximum absolute atomic E-state index is 13.1. The molecule has 1 unspecified atom stereocenters. The molecule has 5 heteroatoms. The van der Waals surface area contributed by atoms with Crippen molar-refractivity contribution in [1.82, 2.24) is 0 Å².